The van der Waals surface area contributed by atoms with E-state index in [1.165, 1.54) is 120 Å². The Morgan fingerprint density at radius 1 is 0.172 bits per heavy atom. The van der Waals surface area contributed by atoms with Gasteiger partial charge < -0.3 is 0 Å². The molecule has 0 aliphatic heterocycles. The van der Waals surface area contributed by atoms with E-state index in [1.807, 2.05) is 0 Å². The highest BCUT2D eigenvalue weighted by Gasteiger charge is 2.17. The first kappa shape index (κ1) is 32.7. The van der Waals surface area contributed by atoms with Crippen molar-refractivity contribution in [1.82, 2.24) is 0 Å². The van der Waals surface area contributed by atoms with E-state index in [4.69, 9.17) is 0 Å². The fraction of sp³-hybridized carbons (Fsp3) is 0. The molecule has 0 radical (unpaired) electrons. The summed E-state index contributed by atoms with van der Waals surface area (Å²) in [6, 6.07) is 80.8. The normalized spacial score (nSPS) is 11.8. The quantitative estimate of drug-likeness (QED) is 0.155. The lowest BCUT2D eigenvalue weighted by Gasteiger charge is -2.17. The summed E-state index contributed by atoms with van der Waals surface area (Å²) in [6.45, 7) is 0. The monoisotopic (exact) mass is 732 g/mol. The molecule has 12 rings (SSSR count). The second kappa shape index (κ2) is 13.0. The summed E-state index contributed by atoms with van der Waals surface area (Å²) in [4.78, 5) is 0. The Hall–Kier alpha value is -7.54. The zero-order valence-electron chi connectivity index (χ0n) is 31.8. The predicted molar refractivity (Wildman–Crippen MR) is 250 cm³/mol. The van der Waals surface area contributed by atoms with Crippen molar-refractivity contribution in [3.63, 3.8) is 0 Å². The summed E-state index contributed by atoms with van der Waals surface area (Å²) in [7, 11) is 0. The maximum atomic E-state index is 2.39. The second-order valence-corrected chi connectivity index (χ2v) is 15.6. The Labute approximate surface area is 337 Å². The molecule has 0 saturated heterocycles. The molecule has 12 aromatic carbocycles. The second-order valence-electron chi connectivity index (χ2n) is 15.6. The highest BCUT2D eigenvalue weighted by molar-refractivity contribution is 6.27. The Morgan fingerprint density at radius 3 is 1.40 bits per heavy atom. The largest absolute Gasteiger partial charge is 0.0622 e. The Morgan fingerprint density at radius 2 is 0.672 bits per heavy atom. The highest BCUT2D eigenvalue weighted by atomic mass is 14.2. The molecule has 0 bridgehead atoms. The molecular weight excluding hydrogens is 697 g/mol. The lowest BCUT2D eigenvalue weighted by atomic mass is 9.86. The molecule has 0 aromatic heterocycles. The molecule has 12 aromatic rings. The molecular formula is C58H36. The number of rotatable bonds is 5. The lowest BCUT2D eigenvalue weighted by molar-refractivity contribution is 1.62. The molecule has 0 unspecified atom stereocenters. The van der Waals surface area contributed by atoms with Crippen LogP contribution in [0.2, 0.25) is 0 Å². The van der Waals surface area contributed by atoms with Gasteiger partial charge in [0.05, 0.1) is 0 Å². The van der Waals surface area contributed by atoms with Gasteiger partial charge in [0.2, 0.25) is 0 Å². The molecule has 0 spiro atoms. The van der Waals surface area contributed by atoms with Gasteiger partial charge in [-0.05, 0) is 138 Å². The average molecular weight is 733 g/mol. The third kappa shape index (κ3) is 5.16. The van der Waals surface area contributed by atoms with Gasteiger partial charge in [-0.25, -0.2) is 0 Å². The van der Waals surface area contributed by atoms with Gasteiger partial charge >= 0.3 is 0 Å². The van der Waals surface area contributed by atoms with Crippen molar-refractivity contribution in [3.05, 3.63) is 218 Å². The Balaban J connectivity index is 0.983. The minimum Gasteiger partial charge on any atom is -0.0622 e. The van der Waals surface area contributed by atoms with Gasteiger partial charge in [-0.15, -0.1) is 0 Å². The smallest absolute Gasteiger partial charge is 0.00203 e. The van der Waals surface area contributed by atoms with E-state index >= 15 is 0 Å². The first-order valence-corrected chi connectivity index (χ1v) is 20.2. The van der Waals surface area contributed by atoms with Crippen molar-refractivity contribution in [1.29, 1.82) is 0 Å². The van der Waals surface area contributed by atoms with Crippen LogP contribution in [0.3, 0.4) is 0 Å². The molecule has 0 aliphatic rings. The van der Waals surface area contributed by atoms with Gasteiger partial charge in [0.15, 0.2) is 0 Å². The van der Waals surface area contributed by atoms with E-state index in [9.17, 15) is 0 Å². The minimum absolute atomic E-state index is 1.22. The van der Waals surface area contributed by atoms with Crippen LogP contribution in [-0.4, -0.2) is 0 Å². The van der Waals surface area contributed by atoms with Crippen molar-refractivity contribution in [2.45, 2.75) is 0 Å². The van der Waals surface area contributed by atoms with E-state index in [0.29, 0.717) is 0 Å². The number of fused-ring (bicyclic) bond motifs is 4. The molecule has 0 fully saturated rings. The van der Waals surface area contributed by atoms with Crippen LogP contribution in [0.5, 0.6) is 0 Å². The van der Waals surface area contributed by atoms with Gasteiger partial charge in [-0.1, -0.05) is 200 Å². The van der Waals surface area contributed by atoms with E-state index in [1.54, 1.807) is 0 Å². The van der Waals surface area contributed by atoms with Crippen LogP contribution >= 0.6 is 0 Å². The molecule has 0 heteroatoms. The zero-order valence-corrected chi connectivity index (χ0v) is 31.8. The van der Waals surface area contributed by atoms with Gasteiger partial charge in [0, 0.05) is 0 Å². The lowest BCUT2D eigenvalue weighted by Crippen LogP contribution is -1.90. The molecule has 0 N–H and O–H groups in total. The molecule has 58 heavy (non-hydrogen) atoms. The van der Waals surface area contributed by atoms with Gasteiger partial charge in [-0.3, -0.25) is 0 Å². The Bertz CT molecular complexity index is 3530. The summed E-state index contributed by atoms with van der Waals surface area (Å²) in [5, 5.41) is 15.4. The maximum absolute atomic E-state index is 2.39. The van der Waals surface area contributed by atoms with Crippen LogP contribution < -0.4 is 0 Å². The van der Waals surface area contributed by atoms with E-state index in [0.717, 1.165) is 0 Å². The SMILES string of the molecule is c1ccc(-c2ccc3c(c2)cc(-c2cccc(-c4ccc5ccc6c(-c7ccc(-c8cccc9ccccc89)cc7)ccc7ccc4c5c76)c2)c2ccccc23)cc1. The number of hydrogen-bond donors (Lipinski definition) is 0. The van der Waals surface area contributed by atoms with Crippen molar-refractivity contribution in [3.8, 4) is 55.6 Å². The van der Waals surface area contributed by atoms with E-state index in [-0.39, 0.29) is 0 Å². The molecule has 0 heterocycles. The first-order valence-electron chi connectivity index (χ1n) is 20.2. The summed E-state index contributed by atoms with van der Waals surface area (Å²) in [5.74, 6) is 0. The summed E-state index contributed by atoms with van der Waals surface area (Å²) >= 11 is 0. The summed E-state index contributed by atoms with van der Waals surface area (Å²) in [5.41, 5.74) is 12.4. The van der Waals surface area contributed by atoms with Gasteiger partial charge in [-0.2, -0.15) is 0 Å². The van der Waals surface area contributed by atoms with Crippen molar-refractivity contribution < 1.29 is 0 Å². The standard InChI is InChI=1S/C58H36/c1-2-10-37(11-3-1)43-28-31-51-46(34-43)36-56(53-18-7-6-17-52(51)53)45-15-8-14-44(35-45)50-30-25-42-26-32-54-49(29-24-41-27-33-55(50)58(42)57(41)54)40-22-20-39(21-23-40)48-19-9-13-38-12-4-5-16-47(38)48/h1-36H. The fourth-order valence-corrected chi connectivity index (χ4v) is 9.63. The van der Waals surface area contributed by atoms with Gasteiger partial charge in [0.25, 0.3) is 0 Å². The van der Waals surface area contributed by atoms with Crippen LogP contribution in [0.4, 0.5) is 0 Å². The fourth-order valence-electron chi connectivity index (χ4n) is 9.63. The highest BCUT2D eigenvalue weighted by Crippen LogP contribution is 2.44. The molecule has 0 amide bonds. The van der Waals surface area contributed by atoms with Crippen LogP contribution in [0.25, 0.3) is 120 Å². The first-order chi connectivity index (χ1) is 28.7. The molecule has 0 aliphatic carbocycles. The molecule has 0 saturated carbocycles. The van der Waals surface area contributed by atoms with Crippen LogP contribution in [0.1, 0.15) is 0 Å². The zero-order chi connectivity index (χ0) is 38.2. The summed E-state index contributed by atoms with van der Waals surface area (Å²) < 4.78 is 0. The maximum Gasteiger partial charge on any atom is -0.00203 e. The predicted octanol–water partition coefficient (Wildman–Crippen LogP) is 16.4. The van der Waals surface area contributed by atoms with Crippen molar-refractivity contribution in [2.24, 2.45) is 0 Å². The van der Waals surface area contributed by atoms with E-state index in [2.05, 4.69) is 218 Å². The third-order valence-electron chi connectivity index (χ3n) is 12.4. The van der Waals surface area contributed by atoms with Crippen molar-refractivity contribution in [2.75, 3.05) is 0 Å². The van der Waals surface area contributed by atoms with Crippen molar-refractivity contribution >= 4 is 64.6 Å². The molecule has 0 atom stereocenters. The molecule has 268 valence electrons. The van der Waals surface area contributed by atoms with Gasteiger partial charge in [0.1, 0.15) is 0 Å². The minimum atomic E-state index is 1.22. The van der Waals surface area contributed by atoms with E-state index < -0.39 is 0 Å². The van der Waals surface area contributed by atoms with Crippen LogP contribution in [0.15, 0.2) is 218 Å². The Kier molecular flexibility index (Phi) is 7.33. The number of hydrogen-bond acceptors (Lipinski definition) is 0. The third-order valence-corrected chi connectivity index (χ3v) is 12.4. The van der Waals surface area contributed by atoms with Crippen LogP contribution in [0, 0.1) is 0 Å². The average Bonchev–Trinajstić information content (AvgIpc) is 3.30. The number of benzene rings is 12. The van der Waals surface area contributed by atoms with Crippen LogP contribution in [-0.2, 0) is 0 Å². The topological polar surface area (TPSA) is 0 Å². The molecule has 0 nitrogen and oxygen atoms in total. The summed E-state index contributed by atoms with van der Waals surface area (Å²) in [6.07, 6.45) is 0.